The minimum atomic E-state index is -0.324. The Balaban J connectivity index is 2.08. The number of nitrogens with one attached hydrogen (secondary N) is 1. The van der Waals surface area contributed by atoms with Crippen LogP contribution in [0.2, 0.25) is 0 Å². The molecule has 1 fully saturated rings. The van der Waals surface area contributed by atoms with Crippen molar-refractivity contribution in [2.24, 2.45) is 11.7 Å². The SMILES string of the molecule is Cc1cc(F)c(Br)cc1NC(=O)C1CCCC(N)C1. The number of benzene rings is 1. The number of amides is 1. The van der Waals surface area contributed by atoms with Crippen LogP contribution in [0.3, 0.4) is 0 Å². The topological polar surface area (TPSA) is 55.1 Å². The van der Waals surface area contributed by atoms with Crippen LogP contribution in [0.1, 0.15) is 31.2 Å². The van der Waals surface area contributed by atoms with Crippen LogP contribution in [0, 0.1) is 18.7 Å². The molecule has 0 saturated heterocycles. The molecule has 1 aromatic rings. The van der Waals surface area contributed by atoms with Crippen molar-refractivity contribution in [3.8, 4) is 0 Å². The third-order valence-electron chi connectivity index (χ3n) is 3.61. The van der Waals surface area contributed by atoms with Crippen LogP contribution in [0.25, 0.3) is 0 Å². The number of nitrogens with two attached hydrogens (primary N) is 1. The highest BCUT2D eigenvalue weighted by Crippen LogP contribution is 2.27. The number of anilines is 1. The van der Waals surface area contributed by atoms with Crippen LogP contribution in [-0.4, -0.2) is 11.9 Å². The van der Waals surface area contributed by atoms with Crippen molar-refractivity contribution in [3.63, 3.8) is 0 Å². The molecule has 1 saturated carbocycles. The van der Waals surface area contributed by atoms with Gasteiger partial charge in [-0.25, -0.2) is 4.39 Å². The van der Waals surface area contributed by atoms with Crippen molar-refractivity contribution in [2.45, 2.75) is 38.6 Å². The Morgan fingerprint density at radius 2 is 2.21 bits per heavy atom. The van der Waals surface area contributed by atoms with E-state index in [0.717, 1.165) is 25.7 Å². The molecule has 104 valence electrons. The number of carbonyl (C=O) groups is 1. The number of rotatable bonds is 2. The van der Waals surface area contributed by atoms with Gasteiger partial charge in [-0.05, 0) is 59.8 Å². The summed E-state index contributed by atoms with van der Waals surface area (Å²) in [6.07, 6.45) is 3.59. The molecular weight excluding hydrogens is 311 g/mol. The molecule has 5 heteroatoms. The van der Waals surface area contributed by atoms with Crippen LogP contribution in [0.15, 0.2) is 16.6 Å². The molecule has 19 heavy (non-hydrogen) atoms. The maximum atomic E-state index is 13.3. The molecule has 1 aromatic carbocycles. The lowest BCUT2D eigenvalue weighted by Gasteiger charge is -2.26. The van der Waals surface area contributed by atoms with Gasteiger partial charge >= 0.3 is 0 Å². The number of carbonyl (C=O) groups excluding carboxylic acids is 1. The lowest BCUT2D eigenvalue weighted by molar-refractivity contribution is -0.120. The Hall–Kier alpha value is -0.940. The van der Waals surface area contributed by atoms with Crippen LogP contribution >= 0.6 is 15.9 Å². The van der Waals surface area contributed by atoms with E-state index in [1.54, 1.807) is 13.0 Å². The van der Waals surface area contributed by atoms with Gasteiger partial charge in [-0.3, -0.25) is 4.79 Å². The molecule has 0 aliphatic heterocycles. The van der Waals surface area contributed by atoms with Crippen LogP contribution < -0.4 is 11.1 Å². The normalized spacial score (nSPS) is 23.2. The molecule has 3 nitrogen and oxygen atoms in total. The molecule has 0 spiro atoms. The first-order valence-corrected chi connectivity index (χ1v) is 7.28. The molecule has 0 bridgehead atoms. The molecule has 2 rings (SSSR count). The van der Waals surface area contributed by atoms with E-state index in [9.17, 15) is 9.18 Å². The third kappa shape index (κ3) is 3.54. The molecule has 0 heterocycles. The number of aryl methyl sites for hydroxylation is 1. The van der Waals surface area contributed by atoms with E-state index in [1.165, 1.54) is 6.07 Å². The zero-order valence-electron chi connectivity index (χ0n) is 10.9. The summed E-state index contributed by atoms with van der Waals surface area (Å²) < 4.78 is 13.7. The summed E-state index contributed by atoms with van der Waals surface area (Å²) >= 11 is 3.13. The van der Waals surface area contributed by atoms with Gasteiger partial charge in [-0.2, -0.15) is 0 Å². The maximum Gasteiger partial charge on any atom is 0.227 e. The van der Waals surface area contributed by atoms with Gasteiger partial charge in [0.15, 0.2) is 0 Å². The Morgan fingerprint density at radius 3 is 2.89 bits per heavy atom. The fourth-order valence-corrected chi connectivity index (χ4v) is 2.82. The monoisotopic (exact) mass is 328 g/mol. The van der Waals surface area contributed by atoms with Crippen molar-refractivity contribution in [3.05, 3.63) is 28.0 Å². The first-order valence-electron chi connectivity index (χ1n) is 6.49. The molecule has 2 atom stereocenters. The van der Waals surface area contributed by atoms with Crippen molar-refractivity contribution in [1.29, 1.82) is 0 Å². The summed E-state index contributed by atoms with van der Waals surface area (Å²) in [7, 11) is 0. The van der Waals surface area contributed by atoms with E-state index in [2.05, 4.69) is 21.2 Å². The third-order valence-corrected chi connectivity index (χ3v) is 4.22. The van der Waals surface area contributed by atoms with E-state index >= 15 is 0 Å². The van der Waals surface area contributed by atoms with Gasteiger partial charge in [-0.1, -0.05) is 6.42 Å². The first kappa shape index (κ1) is 14.5. The van der Waals surface area contributed by atoms with Crippen molar-refractivity contribution >= 4 is 27.5 Å². The van der Waals surface area contributed by atoms with Gasteiger partial charge < -0.3 is 11.1 Å². The minimum absolute atomic E-state index is 0.0169. The van der Waals surface area contributed by atoms with Gasteiger partial charge in [0.1, 0.15) is 5.82 Å². The van der Waals surface area contributed by atoms with E-state index < -0.39 is 0 Å². The molecule has 3 N–H and O–H groups in total. The summed E-state index contributed by atoms with van der Waals surface area (Å²) in [5, 5.41) is 2.88. The van der Waals surface area contributed by atoms with E-state index in [1.807, 2.05) is 0 Å². The lowest BCUT2D eigenvalue weighted by atomic mass is 9.85. The van der Waals surface area contributed by atoms with Crippen molar-refractivity contribution in [1.82, 2.24) is 0 Å². The zero-order chi connectivity index (χ0) is 14.0. The smallest absolute Gasteiger partial charge is 0.227 e. The van der Waals surface area contributed by atoms with Crippen LogP contribution in [0.4, 0.5) is 10.1 Å². The molecule has 1 amide bonds. The summed E-state index contributed by atoms with van der Waals surface area (Å²) in [6, 6.07) is 3.13. The van der Waals surface area contributed by atoms with Crippen LogP contribution in [0.5, 0.6) is 0 Å². The quantitative estimate of drug-likeness (QED) is 0.874. The molecule has 2 unspecified atom stereocenters. The maximum absolute atomic E-state index is 13.3. The second-order valence-electron chi connectivity index (χ2n) is 5.19. The molecule has 1 aliphatic carbocycles. The van der Waals surface area contributed by atoms with Crippen LogP contribution in [-0.2, 0) is 4.79 Å². The van der Waals surface area contributed by atoms with E-state index in [-0.39, 0.29) is 23.7 Å². The van der Waals surface area contributed by atoms with Gasteiger partial charge in [0.2, 0.25) is 5.91 Å². The second kappa shape index (κ2) is 6.01. The van der Waals surface area contributed by atoms with Gasteiger partial charge in [0, 0.05) is 17.6 Å². The zero-order valence-corrected chi connectivity index (χ0v) is 12.5. The molecular formula is C14H18BrFN2O. The van der Waals surface area contributed by atoms with Crippen molar-refractivity contribution in [2.75, 3.05) is 5.32 Å². The predicted molar refractivity (Wildman–Crippen MR) is 77.4 cm³/mol. The minimum Gasteiger partial charge on any atom is -0.328 e. The van der Waals surface area contributed by atoms with E-state index in [4.69, 9.17) is 5.73 Å². The van der Waals surface area contributed by atoms with Gasteiger partial charge in [0.05, 0.1) is 4.47 Å². The molecule has 1 aliphatic rings. The highest BCUT2D eigenvalue weighted by Gasteiger charge is 2.25. The summed E-state index contributed by atoms with van der Waals surface area (Å²) in [5.41, 5.74) is 7.26. The average Bonchev–Trinajstić information content (AvgIpc) is 2.36. The largest absolute Gasteiger partial charge is 0.328 e. The Bertz CT molecular complexity index is 493. The average molecular weight is 329 g/mol. The highest BCUT2D eigenvalue weighted by atomic mass is 79.9. The fraction of sp³-hybridized carbons (Fsp3) is 0.500. The number of halogens is 2. The van der Waals surface area contributed by atoms with E-state index in [0.29, 0.717) is 15.7 Å². The first-order chi connectivity index (χ1) is 8.97. The lowest BCUT2D eigenvalue weighted by Crippen LogP contribution is -2.34. The number of hydrogen-bond donors (Lipinski definition) is 2. The summed E-state index contributed by atoms with van der Waals surface area (Å²) in [5.74, 6) is -0.376. The van der Waals surface area contributed by atoms with Gasteiger partial charge in [-0.15, -0.1) is 0 Å². The standard InChI is InChI=1S/C14H18BrFN2O/c1-8-5-12(16)11(15)7-13(8)18-14(19)9-3-2-4-10(17)6-9/h5,7,9-10H,2-4,6,17H2,1H3,(H,18,19). The summed E-state index contributed by atoms with van der Waals surface area (Å²) in [6.45, 7) is 1.78. The fourth-order valence-electron chi connectivity index (χ4n) is 2.48. The Morgan fingerprint density at radius 1 is 1.47 bits per heavy atom. The predicted octanol–water partition coefficient (Wildman–Crippen LogP) is 3.35. The molecule has 0 radical (unpaired) electrons. The highest BCUT2D eigenvalue weighted by molar-refractivity contribution is 9.10. The van der Waals surface area contributed by atoms with Gasteiger partial charge in [0.25, 0.3) is 0 Å². The Labute approximate surface area is 120 Å². The summed E-state index contributed by atoms with van der Waals surface area (Å²) in [4.78, 5) is 12.2. The Kier molecular flexibility index (Phi) is 4.58. The van der Waals surface area contributed by atoms with Crippen molar-refractivity contribution < 1.29 is 9.18 Å². The second-order valence-corrected chi connectivity index (χ2v) is 6.05. The molecule has 0 aromatic heterocycles. The number of hydrogen-bond acceptors (Lipinski definition) is 2.